The van der Waals surface area contributed by atoms with Gasteiger partial charge < -0.3 is 10.6 Å². The third-order valence-electron chi connectivity index (χ3n) is 4.13. The lowest BCUT2D eigenvalue weighted by atomic mass is 10.1. The lowest BCUT2D eigenvalue weighted by molar-refractivity contribution is 0.482. The average molecular weight is 417 g/mol. The van der Waals surface area contributed by atoms with E-state index in [4.69, 9.17) is 0 Å². The van der Waals surface area contributed by atoms with Crippen molar-refractivity contribution in [2.24, 2.45) is 0 Å². The van der Waals surface area contributed by atoms with Crippen LogP contribution in [0.3, 0.4) is 0 Å². The summed E-state index contributed by atoms with van der Waals surface area (Å²) in [7, 11) is -4.30. The third-order valence-corrected chi connectivity index (χ3v) is 5.14. The van der Waals surface area contributed by atoms with Crippen molar-refractivity contribution in [3.8, 4) is 0 Å². The first-order valence-electron chi connectivity index (χ1n) is 8.29. The summed E-state index contributed by atoms with van der Waals surface area (Å²) in [5.74, 6) is 0.242. The number of nitrogens with one attached hydrogen (secondary N) is 3. The minimum absolute atomic E-state index is 0. The molecule has 9 nitrogen and oxygen atoms in total. The van der Waals surface area contributed by atoms with Gasteiger partial charge in [0.1, 0.15) is 0 Å². The minimum atomic E-state index is -4.30. The Morgan fingerprint density at radius 1 is 0.897 bits per heavy atom. The van der Waals surface area contributed by atoms with Crippen molar-refractivity contribution in [3.63, 3.8) is 0 Å². The molecule has 0 bridgehead atoms. The summed E-state index contributed by atoms with van der Waals surface area (Å²) in [6.07, 6.45) is 0. The first-order valence-corrected chi connectivity index (χ1v) is 9.73. The Hall–Kier alpha value is -3.24. The summed E-state index contributed by atoms with van der Waals surface area (Å²) in [5, 5.41) is 5.87. The molecule has 0 unspecified atom stereocenters. The van der Waals surface area contributed by atoms with Crippen LogP contribution in [0.4, 0.5) is 23.3 Å². The van der Waals surface area contributed by atoms with Crippen LogP contribution in [0.5, 0.6) is 0 Å². The van der Waals surface area contributed by atoms with Gasteiger partial charge in [0.15, 0.2) is 0 Å². The van der Waals surface area contributed by atoms with Crippen molar-refractivity contribution >= 4 is 33.4 Å². The molecule has 1 aromatic heterocycles. The number of benzene rings is 2. The summed E-state index contributed by atoms with van der Waals surface area (Å²) in [4.78, 5) is 22.2. The van der Waals surface area contributed by atoms with Gasteiger partial charge in [-0.1, -0.05) is 13.5 Å². The van der Waals surface area contributed by atoms with Gasteiger partial charge in [-0.15, -0.1) is 0 Å². The highest BCUT2D eigenvalue weighted by Crippen LogP contribution is 2.22. The van der Waals surface area contributed by atoms with Crippen LogP contribution in [0.2, 0.25) is 0 Å². The van der Waals surface area contributed by atoms with Crippen molar-refractivity contribution < 1.29 is 13.0 Å². The summed E-state index contributed by atoms with van der Waals surface area (Å²) >= 11 is 0. The highest BCUT2D eigenvalue weighted by Gasteiger charge is 2.13. The minimum Gasteiger partial charge on any atom is -0.326 e. The number of hydrogen-bond donors (Lipinski definition) is 4. The standard InChI is InChI=1S/C18H19N5O4S.CH4/c1-10-4-5-13(8-11(10)2)19-16-21-17(23-18(24)22-16)20-14-6-7-15(12(3)9-14)28(25,26)27;/h4-9H,1-3H3,(H,25,26,27)(H3,19,20,21,22,23,24);1H4. The van der Waals surface area contributed by atoms with Gasteiger partial charge >= 0.3 is 5.69 Å². The van der Waals surface area contributed by atoms with E-state index >= 15 is 0 Å². The molecule has 0 aliphatic heterocycles. The average Bonchev–Trinajstić information content (AvgIpc) is 2.56. The zero-order chi connectivity index (χ0) is 20.5. The molecule has 10 heteroatoms. The smallest absolute Gasteiger partial charge is 0.326 e. The van der Waals surface area contributed by atoms with E-state index in [0.29, 0.717) is 11.3 Å². The van der Waals surface area contributed by atoms with Crippen molar-refractivity contribution in [1.82, 2.24) is 15.0 Å². The Morgan fingerprint density at radius 3 is 2.14 bits per heavy atom. The first-order chi connectivity index (χ1) is 13.1. The Balaban J connectivity index is 0.00000300. The van der Waals surface area contributed by atoms with Crippen molar-refractivity contribution in [3.05, 3.63) is 63.6 Å². The molecule has 0 amide bonds. The number of H-pyrrole nitrogens is 1. The lowest BCUT2D eigenvalue weighted by Gasteiger charge is -2.10. The maximum absolute atomic E-state index is 11.9. The number of hydrogen-bond acceptors (Lipinski definition) is 7. The summed E-state index contributed by atoms with van der Waals surface area (Å²) in [6, 6.07) is 9.96. The molecule has 0 saturated carbocycles. The van der Waals surface area contributed by atoms with Crippen LogP contribution < -0.4 is 16.3 Å². The van der Waals surface area contributed by atoms with Crippen LogP contribution in [-0.2, 0) is 10.1 Å². The fourth-order valence-corrected chi connectivity index (χ4v) is 3.31. The normalized spacial score (nSPS) is 10.9. The van der Waals surface area contributed by atoms with Gasteiger partial charge in [0.2, 0.25) is 11.9 Å². The largest absolute Gasteiger partial charge is 0.351 e. The highest BCUT2D eigenvalue weighted by molar-refractivity contribution is 7.85. The van der Waals surface area contributed by atoms with E-state index in [1.165, 1.54) is 18.2 Å². The maximum Gasteiger partial charge on any atom is 0.351 e. The molecule has 3 rings (SSSR count). The molecular formula is C19H23N5O4S. The highest BCUT2D eigenvalue weighted by atomic mass is 32.2. The number of anilines is 4. The van der Waals surface area contributed by atoms with Crippen molar-refractivity contribution in [2.45, 2.75) is 33.1 Å². The SMILES string of the molecule is C.Cc1ccc(Nc2nc(Nc3ccc(S(=O)(=O)O)c(C)c3)[nH]c(=O)n2)cc1C. The third kappa shape index (κ3) is 5.39. The zero-order valence-electron chi connectivity index (χ0n) is 15.4. The molecular weight excluding hydrogens is 394 g/mol. The molecule has 0 aliphatic carbocycles. The molecule has 3 aromatic rings. The van der Waals surface area contributed by atoms with Crippen molar-refractivity contribution in [1.29, 1.82) is 0 Å². The van der Waals surface area contributed by atoms with Crippen LogP contribution in [0, 0.1) is 20.8 Å². The zero-order valence-corrected chi connectivity index (χ0v) is 16.3. The molecule has 29 heavy (non-hydrogen) atoms. The van der Waals surface area contributed by atoms with E-state index in [-0.39, 0.29) is 24.2 Å². The molecule has 0 fully saturated rings. The monoisotopic (exact) mass is 417 g/mol. The first kappa shape index (κ1) is 22.1. The van der Waals surface area contributed by atoms with Gasteiger partial charge in [-0.3, -0.25) is 9.54 Å². The van der Waals surface area contributed by atoms with E-state index in [1.807, 2.05) is 32.0 Å². The maximum atomic E-state index is 11.9. The van der Waals surface area contributed by atoms with Gasteiger partial charge in [0.25, 0.3) is 10.1 Å². The van der Waals surface area contributed by atoms with Gasteiger partial charge in [-0.25, -0.2) is 4.79 Å². The predicted octanol–water partition coefficient (Wildman–Crippen LogP) is 3.46. The Bertz CT molecular complexity index is 1210. The Morgan fingerprint density at radius 2 is 1.52 bits per heavy atom. The number of aromatic amines is 1. The fraction of sp³-hybridized carbons (Fsp3) is 0.211. The van der Waals surface area contributed by atoms with Crippen LogP contribution in [-0.4, -0.2) is 27.9 Å². The number of nitrogens with zero attached hydrogens (tertiary/aromatic N) is 2. The van der Waals surface area contributed by atoms with E-state index in [2.05, 4.69) is 25.6 Å². The van der Waals surface area contributed by atoms with Crippen molar-refractivity contribution in [2.75, 3.05) is 10.6 Å². The van der Waals surface area contributed by atoms with E-state index in [9.17, 15) is 17.8 Å². The molecule has 0 saturated heterocycles. The topological polar surface area (TPSA) is 137 Å². The molecule has 1 heterocycles. The molecule has 0 atom stereocenters. The van der Waals surface area contributed by atoms with Crippen LogP contribution in [0.15, 0.2) is 46.1 Å². The quantitative estimate of drug-likeness (QED) is 0.463. The lowest BCUT2D eigenvalue weighted by Crippen LogP contribution is -2.16. The second-order valence-electron chi connectivity index (χ2n) is 6.33. The molecule has 0 aliphatic rings. The van der Waals surface area contributed by atoms with Gasteiger partial charge in [-0.2, -0.15) is 18.4 Å². The Kier molecular flexibility index (Phi) is 6.40. The van der Waals surface area contributed by atoms with E-state index in [1.54, 1.807) is 6.92 Å². The van der Waals surface area contributed by atoms with E-state index < -0.39 is 15.8 Å². The van der Waals surface area contributed by atoms with Crippen LogP contribution in [0.1, 0.15) is 24.1 Å². The van der Waals surface area contributed by atoms with Crippen LogP contribution in [0.25, 0.3) is 0 Å². The second-order valence-corrected chi connectivity index (χ2v) is 7.72. The molecule has 4 N–H and O–H groups in total. The number of rotatable bonds is 5. The molecule has 0 radical (unpaired) electrons. The summed E-state index contributed by atoms with van der Waals surface area (Å²) in [6.45, 7) is 5.52. The summed E-state index contributed by atoms with van der Waals surface area (Å²) in [5.41, 5.74) is 3.20. The molecule has 2 aromatic carbocycles. The predicted molar refractivity (Wildman–Crippen MR) is 113 cm³/mol. The number of aryl methyl sites for hydroxylation is 3. The second kappa shape index (κ2) is 8.41. The molecule has 0 spiro atoms. The summed E-state index contributed by atoms with van der Waals surface area (Å²) < 4.78 is 31.8. The molecule has 154 valence electrons. The van der Waals surface area contributed by atoms with Gasteiger partial charge in [-0.05, 0) is 67.8 Å². The van der Waals surface area contributed by atoms with Crippen LogP contribution >= 0.6 is 0 Å². The van der Waals surface area contributed by atoms with E-state index in [0.717, 1.165) is 16.8 Å². The fourth-order valence-electron chi connectivity index (χ4n) is 2.60. The van der Waals surface area contributed by atoms with Gasteiger partial charge in [0, 0.05) is 11.4 Å². The Labute approximate surface area is 169 Å². The number of aromatic nitrogens is 3. The van der Waals surface area contributed by atoms with Gasteiger partial charge in [0.05, 0.1) is 4.90 Å².